The van der Waals surface area contributed by atoms with Gasteiger partial charge in [0.2, 0.25) is 10.0 Å². The second kappa shape index (κ2) is 5.68. The Labute approximate surface area is 103 Å². The van der Waals surface area contributed by atoms with Gasteiger partial charge in [-0.15, -0.1) is 0 Å². The summed E-state index contributed by atoms with van der Waals surface area (Å²) >= 11 is 0. The molecule has 0 aromatic heterocycles. The lowest BCUT2D eigenvalue weighted by atomic mass is 10.3. The lowest BCUT2D eigenvalue weighted by molar-refractivity contribution is 0.431. The number of benzene rings is 1. The van der Waals surface area contributed by atoms with Crippen LogP contribution in [0.3, 0.4) is 0 Å². The van der Waals surface area contributed by atoms with Crippen LogP contribution in [-0.2, 0) is 10.0 Å². The van der Waals surface area contributed by atoms with Crippen molar-refractivity contribution in [3.63, 3.8) is 0 Å². The van der Waals surface area contributed by atoms with Crippen LogP contribution >= 0.6 is 0 Å². The smallest absolute Gasteiger partial charge is 0.243 e. The molecule has 1 unspecified atom stereocenters. The average Bonchev–Trinajstić information content (AvgIpc) is 2.32. The van der Waals surface area contributed by atoms with Gasteiger partial charge < -0.3 is 5.32 Å². The van der Waals surface area contributed by atoms with E-state index < -0.39 is 32.4 Å². The molecule has 0 bridgehead atoms. The van der Waals surface area contributed by atoms with Gasteiger partial charge in [0, 0.05) is 12.6 Å². The summed E-state index contributed by atoms with van der Waals surface area (Å²) in [6.45, 7) is 1.70. The number of likely N-dealkylation sites (N-methyl/N-ethyl adjacent to an activating group) is 1. The zero-order valence-electron chi connectivity index (χ0n) is 9.80. The molecule has 0 fully saturated rings. The van der Waals surface area contributed by atoms with Gasteiger partial charge >= 0.3 is 0 Å². The monoisotopic (exact) mass is 282 g/mol. The molecule has 0 radical (unpaired) electrons. The van der Waals surface area contributed by atoms with Crippen LogP contribution in [0.2, 0.25) is 0 Å². The van der Waals surface area contributed by atoms with Crippen molar-refractivity contribution in [3.8, 4) is 0 Å². The molecule has 0 saturated heterocycles. The van der Waals surface area contributed by atoms with Crippen molar-refractivity contribution >= 4 is 10.0 Å². The first kappa shape index (κ1) is 14.9. The minimum absolute atomic E-state index is 0.00271. The Kier molecular flexibility index (Phi) is 4.71. The maximum Gasteiger partial charge on any atom is 0.243 e. The van der Waals surface area contributed by atoms with E-state index in [-0.39, 0.29) is 12.6 Å². The number of nitrogens with one attached hydrogen (secondary N) is 2. The predicted molar refractivity (Wildman–Crippen MR) is 60.0 cm³/mol. The Morgan fingerprint density at radius 3 is 2.39 bits per heavy atom. The van der Waals surface area contributed by atoms with Crippen LogP contribution < -0.4 is 10.0 Å². The molecule has 0 aliphatic heterocycles. The molecule has 1 rings (SSSR count). The van der Waals surface area contributed by atoms with Gasteiger partial charge in [-0.1, -0.05) is 0 Å². The largest absolute Gasteiger partial charge is 0.316 e. The normalized spacial score (nSPS) is 13.6. The van der Waals surface area contributed by atoms with Gasteiger partial charge in [0.15, 0.2) is 17.5 Å². The number of hydrogen-bond acceptors (Lipinski definition) is 3. The van der Waals surface area contributed by atoms with Crippen LogP contribution in [0.4, 0.5) is 13.2 Å². The average molecular weight is 282 g/mol. The van der Waals surface area contributed by atoms with E-state index in [2.05, 4.69) is 10.0 Å². The quantitative estimate of drug-likeness (QED) is 0.792. The highest BCUT2D eigenvalue weighted by Gasteiger charge is 2.23. The first-order valence-corrected chi connectivity index (χ1v) is 6.58. The highest BCUT2D eigenvalue weighted by atomic mass is 32.2. The SMILES string of the molecule is CNC(C)CNS(=O)(=O)c1ccc(F)c(F)c1F. The summed E-state index contributed by atoms with van der Waals surface area (Å²) in [6, 6.07) is 1.06. The third-order valence-corrected chi connectivity index (χ3v) is 3.80. The molecule has 1 atom stereocenters. The number of sulfonamides is 1. The highest BCUT2D eigenvalue weighted by Crippen LogP contribution is 2.19. The van der Waals surface area contributed by atoms with E-state index in [4.69, 9.17) is 0 Å². The predicted octanol–water partition coefficient (Wildman–Crippen LogP) is 0.990. The van der Waals surface area contributed by atoms with Crippen molar-refractivity contribution < 1.29 is 21.6 Å². The summed E-state index contributed by atoms with van der Waals surface area (Å²) in [4.78, 5) is -0.912. The Morgan fingerprint density at radius 1 is 1.22 bits per heavy atom. The second-order valence-corrected chi connectivity index (χ2v) is 5.45. The van der Waals surface area contributed by atoms with Crippen molar-refractivity contribution in [2.45, 2.75) is 17.9 Å². The standard InChI is InChI=1S/C10H13F3N2O2S/c1-6(14-2)5-15-18(16,17)8-4-3-7(11)9(12)10(8)13/h3-4,6,14-15H,5H2,1-2H3. The molecule has 0 amide bonds. The Morgan fingerprint density at radius 2 is 1.83 bits per heavy atom. The van der Waals surface area contributed by atoms with Gasteiger partial charge in [0.25, 0.3) is 0 Å². The molecule has 0 saturated carbocycles. The van der Waals surface area contributed by atoms with Gasteiger partial charge in [-0.2, -0.15) is 0 Å². The van der Waals surface area contributed by atoms with Crippen LogP contribution in [-0.4, -0.2) is 28.1 Å². The Bertz CT molecular complexity index is 534. The van der Waals surface area contributed by atoms with E-state index in [1.54, 1.807) is 14.0 Å². The van der Waals surface area contributed by atoms with Crippen molar-refractivity contribution in [1.29, 1.82) is 0 Å². The van der Waals surface area contributed by atoms with Crippen molar-refractivity contribution in [2.24, 2.45) is 0 Å². The Hall–Kier alpha value is -1.12. The topological polar surface area (TPSA) is 58.2 Å². The molecule has 1 aromatic carbocycles. The third kappa shape index (κ3) is 3.21. The molecule has 2 N–H and O–H groups in total. The molecule has 0 aliphatic carbocycles. The van der Waals surface area contributed by atoms with Gasteiger partial charge in [-0.3, -0.25) is 0 Å². The molecule has 8 heteroatoms. The number of hydrogen-bond donors (Lipinski definition) is 2. The molecule has 1 aromatic rings. The first-order chi connectivity index (χ1) is 8.29. The summed E-state index contributed by atoms with van der Waals surface area (Å²) in [5.41, 5.74) is 0. The van der Waals surface area contributed by atoms with Crippen molar-refractivity contribution in [1.82, 2.24) is 10.0 Å². The van der Waals surface area contributed by atoms with E-state index in [0.717, 1.165) is 0 Å². The summed E-state index contributed by atoms with van der Waals surface area (Å²) in [5, 5.41) is 2.77. The maximum atomic E-state index is 13.3. The molecule has 4 nitrogen and oxygen atoms in total. The third-order valence-electron chi connectivity index (χ3n) is 2.36. The fourth-order valence-electron chi connectivity index (χ4n) is 1.13. The van der Waals surface area contributed by atoms with Crippen LogP contribution in [0.15, 0.2) is 17.0 Å². The van der Waals surface area contributed by atoms with Crippen molar-refractivity contribution in [2.75, 3.05) is 13.6 Å². The maximum absolute atomic E-state index is 13.3. The summed E-state index contributed by atoms with van der Waals surface area (Å²) < 4.78 is 64.4. The lowest BCUT2D eigenvalue weighted by Gasteiger charge is -2.12. The zero-order chi connectivity index (χ0) is 13.9. The molecule has 102 valence electrons. The number of rotatable bonds is 5. The van der Waals surface area contributed by atoms with E-state index >= 15 is 0 Å². The van der Waals surface area contributed by atoms with E-state index in [1.807, 2.05) is 0 Å². The highest BCUT2D eigenvalue weighted by molar-refractivity contribution is 7.89. The van der Waals surface area contributed by atoms with Crippen LogP contribution in [0, 0.1) is 17.5 Å². The van der Waals surface area contributed by atoms with Crippen LogP contribution in [0.5, 0.6) is 0 Å². The summed E-state index contributed by atoms with van der Waals surface area (Å²) in [6.07, 6.45) is 0. The molecular formula is C10H13F3N2O2S. The molecule has 0 aliphatic rings. The van der Waals surface area contributed by atoms with Gasteiger partial charge in [-0.05, 0) is 26.1 Å². The minimum atomic E-state index is -4.21. The fraction of sp³-hybridized carbons (Fsp3) is 0.400. The minimum Gasteiger partial charge on any atom is -0.316 e. The molecular weight excluding hydrogens is 269 g/mol. The molecule has 18 heavy (non-hydrogen) atoms. The first-order valence-electron chi connectivity index (χ1n) is 5.10. The van der Waals surface area contributed by atoms with E-state index in [9.17, 15) is 21.6 Å². The lowest BCUT2D eigenvalue weighted by Crippen LogP contribution is -2.37. The van der Waals surface area contributed by atoms with Crippen molar-refractivity contribution in [3.05, 3.63) is 29.6 Å². The summed E-state index contributed by atoms with van der Waals surface area (Å²) in [7, 11) is -2.58. The summed E-state index contributed by atoms with van der Waals surface area (Å²) in [5.74, 6) is -4.96. The van der Waals surface area contributed by atoms with Crippen LogP contribution in [0.25, 0.3) is 0 Å². The fourth-order valence-corrected chi connectivity index (χ4v) is 2.33. The molecule has 0 spiro atoms. The van der Waals surface area contributed by atoms with Crippen LogP contribution in [0.1, 0.15) is 6.92 Å². The van der Waals surface area contributed by atoms with E-state index in [1.165, 1.54) is 0 Å². The van der Waals surface area contributed by atoms with E-state index in [0.29, 0.717) is 12.1 Å². The van der Waals surface area contributed by atoms with Gasteiger partial charge in [0.1, 0.15) is 4.90 Å². The van der Waals surface area contributed by atoms with Gasteiger partial charge in [0.05, 0.1) is 0 Å². The zero-order valence-corrected chi connectivity index (χ0v) is 10.6. The Balaban J connectivity index is 3.03. The molecule has 0 heterocycles. The second-order valence-electron chi connectivity index (χ2n) is 3.72. The van der Waals surface area contributed by atoms with Gasteiger partial charge in [-0.25, -0.2) is 26.3 Å². The number of halogens is 3.